The van der Waals surface area contributed by atoms with Gasteiger partial charge in [-0.05, 0) is 58.6 Å². The molecule has 0 aliphatic carbocycles. The van der Waals surface area contributed by atoms with Gasteiger partial charge in [0, 0.05) is 5.56 Å². The molecule has 0 N–H and O–H groups in total. The molecule has 0 saturated carbocycles. The molecule has 4 rings (SSSR count). The lowest BCUT2D eigenvalue weighted by Crippen LogP contribution is -1.95. The van der Waals surface area contributed by atoms with E-state index in [4.69, 9.17) is 9.15 Å². The van der Waals surface area contributed by atoms with Gasteiger partial charge in [-0.1, -0.05) is 0 Å². The average molecular weight is 327 g/mol. The second-order valence-corrected chi connectivity index (χ2v) is 5.37. The summed E-state index contributed by atoms with van der Waals surface area (Å²) in [6.45, 7) is 0. The number of hydrogen-bond acceptors (Lipinski definition) is 9. The minimum absolute atomic E-state index is 0.385. The Morgan fingerprint density at radius 3 is 2.74 bits per heavy atom. The molecule has 9 nitrogen and oxygen atoms in total. The second-order valence-electron chi connectivity index (χ2n) is 4.40. The van der Waals surface area contributed by atoms with Gasteiger partial charge >= 0.3 is 0 Å². The van der Waals surface area contributed by atoms with Crippen molar-refractivity contribution in [2.75, 3.05) is 7.11 Å². The van der Waals surface area contributed by atoms with Gasteiger partial charge in [-0.2, -0.15) is 0 Å². The van der Waals surface area contributed by atoms with Gasteiger partial charge in [-0.3, -0.25) is 0 Å². The molecule has 114 valence electrons. The predicted octanol–water partition coefficient (Wildman–Crippen LogP) is 1.73. The molecule has 10 heteroatoms. The SMILES string of the molecule is COc1ccc(-c2nnc(Sc3ccc4nnnn4n3)o2)cc1. The van der Waals surface area contributed by atoms with Gasteiger partial charge in [0.15, 0.2) is 5.65 Å². The topological polar surface area (TPSA) is 104 Å². The normalized spacial score (nSPS) is 11.0. The van der Waals surface area contributed by atoms with Gasteiger partial charge < -0.3 is 9.15 Å². The Morgan fingerprint density at radius 1 is 1.04 bits per heavy atom. The van der Waals surface area contributed by atoms with Crippen molar-refractivity contribution >= 4 is 17.4 Å². The molecule has 0 unspecified atom stereocenters. The van der Waals surface area contributed by atoms with Crippen LogP contribution < -0.4 is 4.74 Å². The Hall–Kier alpha value is -3.01. The number of rotatable bonds is 4. The molecule has 0 fully saturated rings. The average Bonchev–Trinajstić information content (AvgIpc) is 3.24. The third kappa shape index (κ3) is 2.71. The largest absolute Gasteiger partial charge is 0.497 e. The van der Waals surface area contributed by atoms with Crippen molar-refractivity contribution in [2.45, 2.75) is 10.2 Å². The minimum Gasteiger partial charge on any atom is -0.497 e. The summed E-state index contributed by atoms with van der Waals surface area (Å²) in [6, 6.07) is 10.9. The van der Waals surface area contributed by atoms with Crippen molar-refractivity contribution in [1.82, 2.24) is 35.5 Å². The highest BCUT2D eigenvalue weighted by molar-refractivity contribution is 7.99. The summed E-state index contributed by atoms with van der Waals surface area (Å²) in [7, 11) is 1.62. The van der Waals surface area contributed by atoms with Crippen molar-refractivity contribution in [3.05, 3.63) is 36.4 Å². The summed E-state index contributed by atoms with van der Waals surface area (Å²) in [5, 5.41) is 24.4. The smallest absolute Gasteiger partial charge is 0.283 e. The number of aromatic nitrogens is 7. The molecule has 4 aromatic rings. The van der Waals surface area contributed by atoms with E-state index < -0.39 is 0 Å². The molecule has 0 amide bonds. The van der Waals surface area contributed by atoms with Gasteiger partial charge in [0.2, 0.25) is 5.89 Å². The van der Waals surface area contributed by atoms with Crippen molar-refractivity contribution in [3.8, 4) is 17.2 Å². The molecular formula is C13H9N7O2S. The van der Waals surface area contributed by atoms with Crippen LogP contribution in [0.1, 0.15) is 0 Å². The zero-order valence-electron chi connectivity index (χ0n) is 11.8. The molecule has 0 saturated heterocycles. The fraction of sp³-hybridized carbons (Fsp3) is 0.0769. The zero-order valence-corrected chi connectivity index (χ0v) is 12.6. The fourth-order valence-corrected chi connectivity index (χ4v) is 2.51. The van der Waals surface area contributed by atoms with E-state index in [2.05, 4.69) is 30.8 Å². The van der Waals surface area contributed by atoms with Crippen LogP contribution in [0.15, 0.2) is 51.1 Å². The first-order chi connectivity index (χ1) is 11.3. The summed E-state index contributed by atoms with van der Waals surface area (Å²) in [5.41, 5.74) is 1.38. The first kappa shape index (κ1) is 13.6. The molecule has 0 spiro atoms. The highest BCUT2D eigenvalue weighted by Gasteiger charge is 2.11. The minimum atomic E-state index is 0.385. The first-order valence-corrected chi connectivity index (χ1v) is 7.35. The molecule has 0 aliphatic rings. The summed E-state index contributed by atoms with van der Waals surface area (Å²) >= 11 is 1.24. The van der Waals surface area contributed by atoms with Crippen molar-refractivity contribution < 1.29 is 9.15 Å². The lowest BCUT2D eigenvalue weighted by Gasteiger charge is -1.99. The van der Waals surface area contributed by atoms with Crippen molar-refractivity contribution in [2.24, 2.45) is 0 Å². The molecule has 0 atom stereocenters. The highest BCUT2D eigenvalue weighted by Crippen LogP contribution is 2.28. The second kappa shape index (κ2) is 5.65. The molecule has 1 aromatic carbocycles. The quantitative estimate of drug-likeness (QED) is 0.554. The first-order valence-electron chi connectivity index (χ1n) is 6.53. The molecular weight excluding hydrogens is 318 g/mol. The van der Waals surface area contributed by atoms with Gasteiger partial charge in [-0.15, -0.1) is 25.0 Å². The van der Waals surface area contributed by atoms with Gasteiger partial charge in [0.25, 0.3) is 5.22 Å². The Balaban J connectivity index is 1.56. The van der Waals surface area contributed by atoms with Gasteiger partial charge in [0.1, 0.15) is 10.8 Å². The monoisotopic (exact) mass is 327 g/mol. The Morgan fingerprint density at radius 2 is 1.91 bits per heavy atom. The third-order valence-corrected chi connectivity index (χ3v) is 3.75. The maximum atomic E-state index is 5.64. The van der Waals surface area contributed by atoms with Gasteiger partial charge in [0.05, 0.1) is 7.11 Å². The Bertz CT molecular complexity index is 950. The van der Waals surface area contributed by atoms with Crippen LogP contribution in [0.3, 0.4) is 0 Å². The number of fused-ring (bicyclic) bond motifs is 1. The lowest BCUT2D eigenvalue weighted by atomic mass is 10.2. The van der Waals surface area contributed by atoms with E-state index in [1.807, 2.05) is 24.3 Å². The van der Waals surface area contributed by atoms with E-state index in [1.54, 1.807) is 19.2 Å². The van der Waals surface area contributed by atoms with Crippen molar-refractivity contribution in [3.63, 3.8) is 0 Å². The summed E-state index contributed by atoms with van der Waals surface area (Å²) < 4.78 is 12.1. The van der Waals surface area contributed by atoms with Crippen LogP contribution in [0, 0.1) is 0 Å². The molecule has 0 bridgehead atoms. The number of tetrazole rings is 1. The molecule has 3 aromatic heterocycles. The van der Waals surface area contributed by atoms with Crippen LogP contribution in [-0.4, -0.2) is 42.6 Å². The summed E-state index contributed by atoms with van der Waals surface area (Å²) in [6.07, 6.45) is 0. The van der Waals surface area contributed by atoms with Crippen LogP contribution in [-0.2, 0) is 0 Å². The maximum absolute atomic E-state index is 5.64. The zero-order chi connectivity index (χ0) is 15.6. The summed E-state index contributed by atoms with van der Waals surface area (Å²) in [4.78, 5) is 0. The van der Waals surface area contributed by atoms with E-state index in [-0.39, 0.29) is 0 Å². The van der Waals surface area contributed by atoms with Crippen LogP contribution in [0.4, 0.5) is 0 Å². The van der Waals surface area contributed by atoms with Crippen molar-refractivity contribution in [1.29, 1.82) is 0 Å². The van der Waals surface area contributed by atoms with E-state index in [1.165, 1.54) is 16.4 Å². The number of methoxy groups -OCH3 is 1. The number of nitrogens with zero attached hydrogens (tertiary/aromatic N) is 7. The van der Waals surface area contributed by atoms with E-state index in [0.717, 1.165) is 11.3 Å². The molecule has 3 heterocycles. The van der Waals surface area contributed by atoms with Crippen LogP contribution >= 0.6 is 11.8 Å². The van der Waals surface area contributed by atoms with Crippen LogP contribution in [0.2, 0.25) is 0 Å². The lowest BCUT2D eigenvalue weighted by molar-refractivity contribution is 0.414. The Labute approximate surface area is 133 Å². The predicted molar refractivity (Wildman–Crippen MR) is 79.0 cm³/mol. The van der Waals surface area contributed by atoms with Gasteiger partial charge in [-0.25, -0.2) is 0 Å². The Kier molecular flexibility index (Phi) is 3.35. The van der Waals surface area contributed by atoms with Crippen LogP contribution in [0.25, 0.3) is 17.1 Å². The third-order valence-electron chi connectivity index (χ3n) is 2.98. The standard InChI is InChI=1S/C13H9N7O2S/c1-21-9-4-2-8(3-5-9)12-15-16-13(22-12)23-11-7-6-10-14-18-19-20(10)17-11/h2-7H,1H3. The molecule has 0 radical (unpaired) electrons. The summed E-state index contributed by atoms with van der Waals surface area (Å²) in [5.74, 6) is 1.19. The molecule has 0 aliphatic heterocycles. The molecule has 23 heavy (non-hydrogen) atoms. The van der Waals surface area contributed by atoms with E-state index in [0.29, 0.717) is 21.8 Å². The fourth-order valence-electron chi connectivity index (χ4n) is 1.88. The highest BCUT2D eigenvalue weighted by atomic mass is 32.2. The number of hydrogen-bond donors (Lipinski definition) is 0. The number of ether oxygens (including phenoxy) is 1. The number of benzene rings is 1. The van der Waals surface area contributed by atoms with E-state index in [9.17, 15) is 0 Å². The van der Waals surface area contributed by atoms with Crippen LogP contribution in [0.5, 0.6) is 5.75 Å². The maximum Gasteiger partial charge on any atom is 0.283 e. The van der Waals surface area contributed by atoms with E-state index >= 15 is 0 Å².